The van der Waals surface area contributed by atoms with Gasteiger partial charge >= 0.3 is 0 Å². The van der Waals surface area contributed by atoms with Crippen molar-refractivity contribution in [2.45, 2.75) is 49.9 Å². The molecule has 0 radical (unpaired) electrons. The maximum atomic E-state index is 12.6. The Kier molecular flexibility index (Phi) is 7.15. The summed E-state index contributed by atoms with van der Waals surface area (Å²) in [7, 11) is -5.54. The highest BCUT2D eigenvalue weighted by atomic mass is 127. The van der Waals surface area contributed by atoms with E-state index in [0.29, 0.717) is 5.69 Å². The molecule has 1 atom stereocenters. The third kappa shape index (κ3) is 5.79. The van der Waals surface area contributed by atoms with Crippen LogP contribution in [0, 0.1) is 0 Å². The Labute approximate surface area is 178 Å². The number of halogens is 1. The Morgan fingerprint density at radius 2 is 1.70 bits per heavy atom. The predicted molar refractivity (Wildman–Crippen MR) is 124 cm³/mol. The van der Waals surface area contributed by atoms with Crippen LogP contribution in [-0.4, -0.2) is 21.2 Å². The molecule has 0 aromatic heterocycles. The molecule has 0 heterocycles. The molecule has 7 heteroatoms. The number of sulfonamides is 1. The molecule has 2 aromatic carbocycles. The fraction of sp³-hybridized carbons (Fsp3) is 0.400. The molecule has 1 N–H and O–H groups in total. The summed E-state index contributed by atoms with van der Waals surface area (Å²) in [6.07, 6.45) is -0.0623. The van der Waals surface area contributed by atoms with E-state index in [-0.39, 0.29) is 16.0 Å². The summed E-state index contributed by atoms with van der Waals surface area (Å²) >= 11 is 2.33. The number of benzene rings is 2. The highest BCUT2D eigenvalue weighted by Gasteiger charge is 2.39. The van der Waals surface area contributed by atoms with Gasteiger partial charge in [-0.15, -0.1) is 0 Å². The first-order valence-corrected chi connectivity index (χ1v) is 14.8. The molecule has 2 aromatic rings. The van der Waals surface area contributed by atoms with Gasteiger partial charge in [0.2, 0.25) is 0 Å². The molecule has 2 rings (SSSR count). The van der Waals surface area contributed by atoms with E-state index in [2.05, 4.69) is 61.2 Å². The average Bonchev–Trinajstić information content (AvgIpc) is 2.59. The molecule has 27 heavy (non-hydrogen) atoms. The molecule has 0 fully saturated rings. The van der Waals surface area contributed by atoms with Crippen molar-refractivity contribution >= 4 is 46.6 Å². The van der Waals surface area contributed by atoms with Crippen LogP contribution in [0.3, 0.4) is 0 Å². The average molecular weight is 518 g/mol. The van der Waals surface area contributed by atoms with E-state index in [1.54, 1.807) is 36.4 Å². The summed E-state index contributed by atoms with van der Waals surface area (Å²) < 4.78 is 35.2. The third-order valence-corrected chi connectivity index (χ3v) is 11.6. The standard InChI is InChI=1S/C20H28INO3SSi/c1-20(2,3)27(4,5)25-19(15-21)16-10-9-11-17(14-16)22-26(23,24)18-12-7-6-8-13-18/h6-14,19,22H,15H2,1-5H3. The van der Waals surface area contributed by atoms with E-state index in [0.717, 1.165) is 9.99 Å². The van der Waals surface area contributed by atoms with E-state index >= 15 is 0 Å². The lowest BCUT2D eigenvalue weighted by Gasteiger charge is -2.39. The second kappa shape index (κ2) is 8.63. The Bertz CT molecular complexity index is 864. The number of hydrogen-bond acceptors (Lipinski definition) is 3. The van der Waals surface area contributed by atoms with E-state index < -0.39 is 18.3 Å². The van der Waals surface area contributed by atoms with Crippen LogP contribution in [0.5, 0.6) is 0 Å². The van der Waals surface area contributed by atoms with Gasteiger partial charge < -0.3 is 4.43 Å². The number of hydrogen-bond donors (Lipinski definition) is 1. The summed E-state index contributed by atoms with van der Waals surface area (Å²) in [6.45, 7) is 11.1. The predicted octanol–water partition coefficient (Wildman–Crippen LogP) is 5.99. The quantitative estimate of drug-likeness (QED) is 0.279. The number of alkyl halides is 1. The fourth-order valence-corrected chi connectivity index (χ4v) is 5.72. The van der Waals surface area contributed by atoms with E-state index in [1.807, 2.05) is 18.2 Å². The van der Waals surface area contributed by atoms with Crippen LogP contribution in [0.25, 0.3) is 0 Å². The van der Waals surface area contributed by atoms with Crippen molar-refractivity contribution in [1.82, 2.24) is 0 Å². The summed E-state index contributed by atoms with van der Waals surface area (Å²) in [5.41, 5.74) is 1.53. The minimum Gasteiger partial charge on any atom is -0.409 e. The molecule has 0 aliphatic rings. The minimum atomic E-state index is -3.60. The van der Waals surface area contributed by atoms with Gasteiger partial charge in [-0.05, 0) is 48.0 Å². The first-order chi connectivity index (χ1) is 12.5. The van der Waals surface area contributed by atoms with Crippen LogP contribution < -0.4 is 4.72 Å². The number of anilines is 1. The summed E-state index contributed by atoms with van der Waals surface area (Å²) in [5.74, 6) is 0. The summed E-state index contributed by atoms with van der Waals surface area (Å²) in [6, 6.07) is 15.9. The van der Waals surface area contributed by atoms with Gasteiger partial charge in [0, 0.05) is 10.1 Å². The van der Waals surface area contributed by atoms with Gasteiger partial charge in [0.25, 0.3) is 10.0 Å². The smallest absolute Gasteiger partial charge is 0.261 e. The van der Waals surface area contributed by atoms with Crippen molar-refractivity contribution in [2.75, 3.05) is 9.15 Å². The first-order valence-electron chi connectivity index (χ1n) is 8.88. The molecule has 1 unspecified atom stereocenters. The van der Waals surface area contributed by atoms with Crippen LogP contribution >= 0.6 is 22.6 Å². The largest absolute Gasteiger partial charge is 0.409 e. The van der Waals surface area contributed by atoms with Gasteiger partial charge in [0.1, 0.15) is 0 Å². The minimum absolute atomic E-state index is 0.0623. The maximum Gasteiger partial charge on any atom is 0.261 e. The van der Waals surface area contributed by atoms with Crippen molar-refractivity contribution in [3.63, 3.8) is 0 Å². The normalized spacial score (nSPS) is 14.0. The molecule has 148 valence electrons. The molecule has 0 saturated heterocycles. The highest BCUT2D eigenvalue weighted by molar-refractivity contribution is 14.1. The van der Waals surface area contributed by atoms with Gasteiger partial charge in [-0.2, -0.15) is 0 Å². The van der Waals surface area contributed by atoms with Crippen LogP contribution in [0.15, 0.2) is 59.5 Å². The van der Waals surface area contributed by atoms with Crippen molar-refractivity contribution in [3.05, 3.63) is 60.2 Å². The van der Waals surface area contributed by atoms with E-state index in [9.17, 15) is 8.42 Å². The van der Waals surface area contributed by atoms with Crippen LogP contribution in [-0.2, 0) is 14.4 Å². The number of rotatable bonds is 7. The molecule has 0 amide bonds. The molecule has 0 spiro atoms. The Balaban J connectivity index is 2.26. The van der Waals surface area contributed by atoms with E-state index in [1.165, 1.54) is 0 Å². The Morgan fingerprint density at radius 1 is 1.07 bits per heavy atom. The van der Waals surface area contributed by atoms with Gasteiger partial charge in [-0.25, -0.2) is 8.42 Å². The fourth-order valence-electron chi connectivity index (χ4n) is 2.34. The van der Waals surface area contributed by atoms with Gasteiger partial charge in [0.05, 0.1) is 11.0 Å². The van der Waals surface area contributed by atoms with Crippen molar-refractivity contribution in [1.29, 1.82) is 0 Å². The van der Waals surface area contributed by atoms with Gasteiger partial charge in [-0.1, -0.05) is 73.7 Å². The van der Waals surface area contributed by atoms with Crippen molar-refractivity contribution in [3.8, 4) is 0 Å². The molecule has 4 nitrogen and oxygen atoms in total. The molecular weight excluding hydrogens is 489 g/mol. The Hall–Kier alpha value is -0.903. The lowest BCUT2D eigenvalue weighted by Crippen LogP contribution is -2.42. The topological polar surface area (TPSA) is 55.4 Å². The zero-order chi connectivity index (χ0) is 20.3. The molecule has 0 saturated carbocycles. The molecular formula is C20H28INO3SSi. The highest BCUT2D eigenvalue weighted by Crippen LogP contribution is 2.40. The zero-order valence-electron chi connectivity index (χ0n) is 16.5. The van der Waals surface area contributed by atoms with Crippen molar-refractivity contribution < 1.29 is 12.8 Å². The number of nitrogens with one attached hydrogen (secondary N) is 1. The first kappa shape index (κ1) is 22.4. The molecule has 0 aliphatic carbocycles. The van der Waals surface area contributed by atoms with Crippen molar-refractivity contribution in [2.24, 2.45) is 0 Å². The van der Waals surface area contributed by atoms with Crippen LogP contribution in [0.4, 0.5) is 5.69 Å². The maximum absolute atomic E-state index is 12.6. The SMILES string of the molecule is CC(C)(C)[Si](C)(C)OC(CI)c1cccc(NS(=O)(=O)c2ccccc2)c1. The third-order valence-electron chi connectivity index (χ3n) is 4.95. The molecule has 0 aliphatic heterocycles. The van der Waals surface area contributed by atoms with Gasteiger partial charge in [-0.3, -0.25) is 4.72 Å². The van der Waals surface area contributed by atoms with Crippen LogP contribution in [0.1, 0.15) is 32.4 Å². The second-order valence-electron chi connectivity index (χ2n) is 8.07. The zero-order valence-corrected chi connectivity index (χ0v) is 20.5. The van der Waals surface area contributed by atoms with Gasteiger partial charge in [0.15, 0.2) is 8.32 Å². The second-order valence-corrected chi connectivity index (χ2v) is 15.4. The lowest BCUT2D eigenvalue weighted by molar-refractivity contribution is 0.210. The Morgan fingerprint density at radius 3 is 2.26 bits per heavy atom. The summed E-state index contributed by atoms with van der Waals surface area (Å²) in [5, 5.41) is 0.115. The lowest BCUT2D eigenvalue weighted by atomic mass is 10.1. The molecule has 0 bridgehead atoms. The van der Waals surface area contributed by atoms with Crippen LogP contribution in [0.2, 0.25) is 18.1 Å². The monoisotopic (exact) mass is 517 g/mol. The summed E-state index contributed by atoms with van der Waals surface area (Å²) in [4.78, 5) is 0.248. The van der Waals surface area contributed by atoms with E-state index in [4.69, 9.17) is 4.43 Å².